The summed E-state index contributed by atoms with van der Waals surface area (Å²) < 4.78 is 11.3. The summed E-state index contributed by atoms with van der Waals surface area (Å²) in [5.41, 5.74) is 2.52. The first-order chi connectivity index (χ1) is 12.6. The molecule has 0 aliphatic carbocycles. The van der Waals surface area contributed by atoms with E-state index < -0.39 is 0 Å². The summed E-state index contributed by atoms with van der Waals surface area (Å²) in [7, 11) is 1.61. The maximum absolute atomic E-state index is 6.14. The Bertz CT molecular complexity index is 733. The Kier molecular flexibility index (Phi) is 7.51. The van der Waals surface area contributed by atoms with E-state index in [0.717, 1.165) is 36.2 Å². The molecule has 1 aromatic heterocycles. The number of hydrogen-bond donors (Lipinski definition) is 1. The topological polar surface area (TPSA) is 56.3 Å². The van der Waals surface area contributed by atoms with Crippen LogP contribution < -0.4 is 14.8 Å². The Labute approximate surface area is 161 Å². The third kappa shape index (κ3) is 4.58. The molecule has 1 aromatic carbocycles. The summed E-state index contributed by atoms with van der Waals surface area (Å²) in [4.78, 5) is 9.57. The van der Waals surface area contributed by atoms with Gasteiger partial charge in [-0.3, -0.25) is 0 Å². The van der Waals surface area contributed by atoms with Gasteiger partial charge in [0, 0.05) is 16.6 Å². The van der Waals surface area contributed by atoms with Gasteiger partial charge in [-0.25, -0.2) is 9.97 Å². The number of nitrogens with one attached hydrogen (secondary N) is 1. The molecule has 1 heterocycles. The molecule has 1 N–H and O–H groups in total. The lowest BCUT2D eigenvalue weighted by Crippen LogP contribution is -2.19. The molecule has 0 spiro atoms. The summed E-state index contributed by atoms with van der Waals surface area (Å²) in [6.07, 6.45) is 2.77. The predicted molar refractivity (Wildman–Crippen MR) is 108 cm³/mol. The van der Waals surface area contributed by atoms with E-state index in [9.17, 15) is 0 Å². The van der Waals surface area contributed by atoms with E-state index in [4.69, 9.17) is 31.0 Å². The van der Waals surface area contributed by atoms with Crippen molar-refractivity contribution in [1.82, 2.24) is 9.97 Å². The van der Waals surface area contributed by atoms with Gasteiger partial charge in [0.05, 0.1) is 25.1 Å². The fraction of sp³-hybridized carbons (Fsp3) is 0.500. The maximum atomic E-state index is 6.14. The normalized spacial score (nSPS) is 10.9. The van der Waals surface area contributed by atoms with Crippen molar-refractivity contribution in [2.24, 2.45) is 0 Å². The third-order valence-corrected chi connectivity index (χ3v) is 4.52. The largest absolute Gasteiger partial charge is 0.493 e. The first kappa shape index (κ1) is 20.3. The summed E-state index contributed by atoms with van der Waals surface area (Å²) >= 11 is 6.14. The molecule has 2 aromatic rings. The summed E-state index contributed by atoms with van der Waals surface area (Å²) in [5.74, 6) is 1.88. The van der Waals surface area contributed by atoms with E-state index in [1.54, 1.807) is 7.11 Å². The maximum Gasteiger partial charge on any atom is 0.257 e. The van der Waals surface area contributed by atoms with Crippen LogP contribution in [-0.4, -0.2) is 29.7 Å². The lowest BCUT2D eigenvalue weighted by molar-refractivity contribution is 0.341. The van der Waals surface area contributed by atoms with E-state index in [0.29, 0.717) is 35.1 Å². The lowest BCUT2D eigenvalue weighted by Gasteiger charge is -2.19. The monoisotopic (exact) mass is 377 g/mol. The molecule has 26 heavy (non-hydrogen) atoms. The van der Waals surface area contributed by atoms with Crippen LogP contribution in [0.2, 0.25) is 5.02 Å². The Balaban J connectivity index is 2.56. The number of anilines is 1. The molecular weight excluding hydrogens is 350 g/mol. The first-order valence-corrected chi connectivity index (χ1v) is 9.59. The number of rotatable bonds is 9. The van der Waals surface area contributed by atoms with Crippen LogP contribution in [0.1, 0.15) is 46.2 Å². The van der Waals surface area contributed by atoms with Crippen LogP contribution in [0.4, 0.5) is 5.82 Å². The van der Waals surface area contributed by atoms with Gasteiger partial charge in [-0.2, -0.15) is 0 Å². The van der Waals surface area contributed by atoms with Crippen LogP contribution in [0, 0.1) is 0 Å². The molecule has 0 radical (unpaired) electrons. The van der Waals surface area contributed by atoms with Crippen LogP contribution >= 0.6 is 11.6 Å². The number of aryl methyl sites for hydroxylation is 1. The molecular formula is C20H28ClN3O2. The second kappa shape index (κ2) is 9.62. The Morgan fingerprint density at radius 1 is 1.12 bits per heavy atom. The Morgan fingerprint density at radius 2 is 1.85 bits per heavy atom. The smallest absolute Gasteiger partial charge is 0.257 e. The SMILES string of the molecule is CCOc1cc(Cl)ccc1-c1nc(OC)c(NC(CC)CC)nc1CC. The van der Waals surface area contributed by atoms with Crippen LogP contribution in [0.3, 0.4) is 0 Å². The van der Waals surface area contributed by atoms with Crippen molar-refractivity contribution < 1.29 is 9.47 Å². The molecule has 0 amide bonds. The molecule has 0 bridgehead atoms. The summed E-state index contributed by atoms with van der Waals surface area (Å²) in [6.45, 7) is 8.86. The Hall–Kier alpha value is -2.01. The number of methoxy groups -OCH3 is 1. The highest BCUT2D eigenvalue weighted by atomic mass is 35.5. The van der Waals surface area contributed by atoms with Gasteiger partial charge in [0.1, 0.15) is 5.75 Å². The molecule has 6 heteroatoms. The van der Waals surface area contributed by atoms with Crippen molar-refractivity contribution in [2.45, 2.75) is 53.0 Å². The Morgan fingerprint density at radius 3 is 2.42 bits per heavy atom. The number of halogens is 1. The molecule has 0 aliphatic heterocycles. The predicted octanol–water partition coefficient (Wildman–Crippen LogP) is 5.37. The average Bonchev–Trinajstić information content (AvgIpc) is 2.66. The van der Waals surface area contributed by atoms with Gasteiger partial charge < -0.3 is 14.8 Å². The molecule has 0 atom stereocenters. The molecule has 2 rings (SSSR count). The van der Waals surface area contributed by atoms with Gasteiger partial charge in [-0.1, -0.05) is 32.4 Å². The zero-order chi connectivity index (χ0) is 19.1. The fourth-order valence-corrected chi connectivity index (χ4v) is 2.97. The number of aromatic nitrogens is 2. The highest BCUT2D eigenvalue weighted by molar-refractivity contribution is 6.30. The molecule has 0 fully saturated rings. The zero-order valence-corrected chi connectivity index (χ0v) is 17.0. The van der Waals surface area contributed by atoms with Crippen LogP contribution in [-0.2, 0) is 6.42 Å². The van der Waals surface area contributed by atoms with Crippen LogP contribution in [0.15, 0.2) is 18.2 Å². The third-order valence-electron chi connectivity index (χ3n) is 4.29. The molecule has 0 unspecified atom stereocenters. The number of ether oxygens (including phenoxy) is 2. The van der Waals surface area contributed by atoms with Gasteiger partial charge in [-0.05, 0) is 44.4 Å². The molecule has 0 aliphatic rings. The standard InChI is InChI=1S/C20H28ClN3O2/c1-6-14(7-2)22-19-20(25-5)24-18(16(8-3)23-19)15-11-10-13(21)12-17(15)26-9-4/h10-12,14H,6-9H2,1-5H3,(H,22,23). The summed E-state index contributed by atoms with van der Waals surface area (Å²) in [5, 5.41) is 4.08. The van der Waals surface area contributed by atoms with Crippen molar-refractivity contribution in [3.63, 3.8) is 0 Å². The van der Waals surface area contributed by atoms with E-state index in [-0.39, 0.29) is 0 Å². The molecule has 0 saturated carbocycles. The number of nitrogens with zero attached hydrogens (tertiary/aromatic N) is 2. The number of benzene rings is 1. The minimum absolute atomic E-state index is 0.336. The van der Waals surface area contributed by atoms with Gasteiger partial charge >= 0.3 is 0 Å². The summed E-state index contributed by atoms with van der Waals surface area (Å²) in [6, 6.07) is 5.90. The van der Waals surface area contributed by atoms with E-state index in [1.807, 2.05) is 25.1 Å². The molecule has 5 nitrogen and oxygen atoms in total. The van der Waals surface area contributed by atoms with E-state index in [1.165, 1.54) is 0 Å². The highest BCUT2D eigenvalue weighted by Crippen LogP contribution is 2.36. The number of hydrogen-bond acceptors (Lipinski definition) is 5. The molecule has 142 valence electrons. The van der Waals surface area contributed by atoms with Crippen molar-refractivity contribution >= 4 is 17.4 Å². The van der Waals surface area contributed by atoms with Crippen molar-refractivity contribution in [3.8, 4) is 22.9 Å². The van der Waals surface area contributed by atoms with Crippen molar-refractivity contribution in [1.29, 1.82) is 0 Å². The zero-order valence-electron chi connectivity index (χ0n) is 16.2. The second-order valence-corrected chi connectivity index (χ2v) is 6.40. The van der Waals surface area contributed by atoms with Crippen LogP contribution in [0.5, 0.6) is 11.6 Å². The van der Waals surface area contributed by atoms with Gasteiger partial charge in [0.2, 0.25) is 0 Å². The quantitative estimate of drug-likeness (QED) is 0.636. The van der Waals surface area contributed by atoms with Crippen molar-refractivity contribution in [2.75, 3.05) is 19.0 Å². The van der Waals surface area contributed by atoms with E-state index in [2.05, 4.69) is 26.1 Å². The van der Waals surface area contributed by atoms with Gasteiger partial charge in [0.25, 0.3) is 5.88 Å². The minimum atomic E-state index is 0.336. The van der Waals surface area contributed by atoms with E-state index >= 15 is 0 Å². The lowest BCUT2D eigenvalue weighted by atomic mass is 10.1. The first-order valence-electron chi connectivity index (χ1n) is 9.21. The van der Waals surface area contributed by atoms with Gasteiger partial charge in [-0.15, -0.1) is 0 Å². The fourth-order valence-electron chi connectivity index (χ4n) is 2.81. The average molecular weight is 378 g/mol. The second-order valence-electron chi connectivity index (χ2n) is 5.96. The highest BCUT2D eigenvalue weighted by Gasteiger charge is 2.19. The van der Waals surface area contributed by atoms with Crippen molar-refractivity contribution in [3.05, 3.63) is 28.9 Å². The van der Waals surface area contributed by atoms with Gasteiger partial charge in [0.15, 0.2) is 5.82 Å². The minimum Gasteiger partial charge on any atom is -0.493 e. The van der Waals surface area contributed by atoms with Crippen LogP contribution in [0.25, 0.3) is 11.3 Å². The molecule has 0 saturated heterocycles.